The molecule has 2 N–H and O–H groups in total. The summed E-state index contributed by atoms with van der Waals surface area (Å²) in [6, 6.07) is 16.2. The molecule has 2 aromatic rings. The molecule has 1 unspecified atom stereocenters. The average molecular weight is 808 g/mol. The number of rotatable bonds is 11. The number of amides is 1. The second kappa shape index (κ2) is 19.0. The number of carbonyl (C=O) groups excluding carboxylic acids is 3. The zero-order valence-corrected chi connectivity index (χ0v) is 36.1. The molecule has 3 heterocycles. The summed E-state index contributed by atoms with van der Waals surface area (Å²) in [5, 5.41) is 12.8. The topological polar surface area (TPSA) is 145 Å². The van der Waals surface area contributed by atoms with Crippen LogP contribution < -0.4 is 10.2 Å². The van der Waals surface area contributed by atoms with Crippen LogP contribution >= 0.6 is 0 Å². The molecular weight excluding hydrogens is 743 g/mol. The van der Waals surface area contributed by atoms with Crippen molar-refractivity contribution in [3.63, 3.8) is 0 Å². The summed E-state index contributed by atoms with van der Waals surface area (Å²) in [5.74, 6) is -1.04. The highest BCUT2D eigenvalue weighted by Crippen LogP contribution is 2.42. The highest BCUT2D eigenvalue weighted by atomic mass is 16.7. The van der Waals surface area contributed by atoms with Crippen LogP contribution in [0.1, 0.15) is 80.2 Å². The molecule has 0 aromatic heterocycles. The first-order chi connectivity index (χ1) is 27.4. The van der Waals surface area contributed by atoms with Crippen molar-refractivity contribution in [1.29, 1.82) is 0 Å². The van der Waals surface area contributed by atoms with E-state index in [2.05, 4.69) is 5.43 Å². The van der Waals surface area contributed by atoms with Crippen LogP contribution in [0.4, 0.5) is 4.79 Å². The third-order valence-electron chi connectivity index (χ3n) is 12.3. The van der Waals surface area contributed by atoms with Crippen LogP contribution in [-0.2, 0) is 39.7 Å². The van der Waals surface area contributed by atoms with E-state index in [1.54, 1.807) is 34.0 Å². The zero-order chi connectivity index (χ0) is 42.5. The molecule has 0 aliphatic carbocycles. The van der Waals surface area contributed by atoms with Crippen LogP contribution in [0.3, 0.4) is 0 Å². The van der Waals surface area contributed by atoms with Crippen molar-refractivity contribution in [1.82, 2.24) is 15.3 Å². The van der Waals surface area contributed by atoms with Crippen LogP contribution in [0.15, 0.2) is 66.2 Å². The number of carbonyl (C=O) groups is 3. The van der Waals surface area contributed by atoms with Gasteiger partial charge in [0.05, 0.1) is 17.8 Å². The van der Waals surface area contributed by atoms with Crippen molar-refractivity contribution in [3.8, 4) is 11.5 Å². The second-order valence-electron chi connectivity index (χ2n) is 17.0. The van der Waals surface area contributed by atoms with E-state index in [4.69, 9.17) is 28.4 Å². The second-order valence-corrected chi connectivity index (χ2v) is 17.0. The van der Waals surface area contributed by atoms with Crippen LogP contribution in [0.5, 0.6) is 11.5 Å². The van der Waals surface area contributed by atoms with Gasteiger partial charge < -0.3 is 38.4 Å². The molecule has 3 aliphatic heterocycles. The van der Waals surface area contributed by atoms with E-state index in [0.29, 0.717) is 37.1 Å². The molecule has 0 radical (unpaired) electrons. The Morgan fingerprint density at radius 3 is 2.26 bits per heavy atom. The maximum atomic E-state index is 14.7. The van der Waals surface area contributed by atoms with Gasteiger partial charge in [-0.1, -0.05) is 64.1 Å². The molecule has 58 heavy (non-hydrogen) atoms. The molecule has 2 aromatic carbocycles. The van der Waals surface area contributed by atoms with E-state index in [0.717, 1.165) is 11.3 Å². The molecule has 2 fully saturated rings. The van der Waals surface area contributed by atoms with Crippen LogP contribution in [0, 0.1) is 17.8 Å². The van der Waals surface area contributed by atoms with E-state index in [1.165, 1.54) is 5.01 Å². The highest BCUT2D eigenvalue weighted by molar-refractivity contribution is 5.88. The first-order valence-corrected chi connectivity index (χ1v) is 20.6. The van der Waals surface area contributed by atoms with Gasteiger partial charge in [0, 0.05) is 43.0 Å². The zero-order valence-electron chi connectivity index (χ0n) is 36.1. The van der Waals surface area contributed by atoms with Crippen LogP contribution in [0.25, 0.3) is 0 Å². The maximum Gasteiger partial charge on any atom is 0.425 e. The summed E-state index contributed by atoms with van der Waals surface area (Å²) < 4.78 is 37.4. The minimum atomic E-state index is -1.37. The number of aliphatic hydroxyl groups is 1. The Morgan fingerprint density at radius 2 is 1.64 bits per heavy atom. The summed E-state index contributed by atoms with van der Waals surface area (Å²) in [5.41, 5.74) is 2.14. The van der Waals surface area contributed by atoms with E-state index in [1.807, 2.05) is 108 Å². The number of Topliss-reactive ketones (excluding diaryl/α,β-unsaturated/α-hetero) is 1. The fraction of sp³-hybridized carbons (Fsp3) is 0.622. The Balaban J connectivity index is 1.43. The van der Waals surface area contributed by atoms with Gasteiger partial charge in [-0.05, 0) is 97.3 Å². The smallest absolute Gasteiger partial charge is 0.425 e. The lowest BCUT2D eigenvalue weighted by molar-refractivity contribution is -0.294. The number of hydrazine groups is 1. The van der Waals surface area contributed by atoms with E-state index in [9.17, 15) is 19.5 Å². The van der Waals surface area contributed by atoms with Crippen LogP contribution in [0.2, 0.25) is 0 Å². The Bertz CT molecular complexity index is 1740. The number of esters is 1. The van der Waals surface area contributed by atoms with Gasteiger partial charge in [0.1, 0.15) is 35.5 Å². The largest absolute Gasteiger partial charge is 0.457 e. The number of para-hydroxylation sites is 1. The highest BCUT2D eigenvalue weighted by Gasteiger charge is 2.60. The van der Waals surface area contributed by atoms with Gasteiger partial charge in [-0.25, -0.2) is 20.0 Å². The summed E-state index contributed by atoms with van der Waals surface area (Å²) in [6.45, 7) is 15.0. The standard InChI is InChI=1S/C45H65N3O10/c1-12-36-45(8)39(48(43(52)58-45)46-23-22-32-18-20-34(21-19-32)55-33-16-14-13-15-17-33)31(6)37(49)29(4)26-44(7,53-11)40(27(2)24-28(3)41(51)56-36)57-42-38(50)35(47(9)10)25-30(5)54-42/h13-21,24,27,29-31,35-36,38-40,42,46,50H,12,22-23,25-26H2,1-11H3/b28-24+/t27-,29+,30+,31-,35-,36?,38+,39+,40+,42-,44+,45+/m0/s1. The fourth-order valence-electron chi connectivity index (χ4n) is 9.11. The number of cyclic esters (lactones) is 1. The number of methoxy groups -OCH3 is 1. The predicted octanol–water partition coefficient (Wildman–Crippen LogP) is 6.47. The fourth-order valence-corrected chi connectivity index (χ4v) is 9.11. The molecule has 12 atom stereocenters. The van der Waals surface area contributed by atoms with E-state index in [-0.39, 0.29) is 24.3 Å². The van der Waals surface area contributed by atoms with Crippen molar-refractivity contribution >= 4 is 17.8 Å². The summed E-state index contributed by atoms with van der Waals surface area (Å²) in [7, 11) is 5.39. The minimum absolute atomic E-state index is 0.120. The molecule has 13 nitrogen and oxygen atoms in total. The molecule has 0 saturated carbocycles. The van der Waals surface area contributed by atoms with Gasteiger partial charge in [-0.15, -0.1) is 0 Å². The predicted molar refractivity (Wildman–Crippen MR) is 219 cm³/mol. The maximum absolute atomic E-state index is 14.7. The summed E-state index contributed by atoms with van der Waals surface area (Å²) in [6.07, 6.45) is -0.916. The first-order valence-electron chi connectivity index (χ1n) is 20.6. The summed E-state index contributed by atoms with van der Waals surface area (Å²) >= 11 is 0. The van der Waals surface area contributed by atoms with Crippen molar-refractivity contribution < 1.29 is 47.9 Å². The Hall–Kier alpha value is -3.85. The lowest BCUT2D eigenvalue weighted by Crippen LogP contribution is -2.60. The number of fused-ring (bicyclic) bond motifs is 1. The molecule has 3 aliphatic rings. The third kappa shape index (κ3) is 9.94. The van der Waals surface area contributed by atoms with E-state index < -0.39 is 71.7 Å². The molecule has 13 heteroatoms. The number of hydrogen-bond donors (Lipinski definition) is 2. The molecule has 5 rings (SSSR count). The molecule has 320 valence electrons. The number of hydrogen-bond acceptors (Lipinski definition) is 12. The molecule has 0 spiro atoms. The average Bonchev–Trinajstić information content (AvgIpc) is 3.45. The normalized spacial score (nSPS) is 36.1. The van der Waals surface area contributed by atoms with Gasteiger partial charge in [-0.2, -0.15) is 0 Å². The van der Waals surface area contributed by atoms with Crippen molar-refractivity contribution in [2.24, 2.45) is 17.8 Å². The SMILES string of the molecule is CCC1OC(=O)/C(C)=C/[C@H](C)[C@@H](O[C@@H]2O[C@H](C)C[C@H](N(C)C)[C@H]2O)[C@](C)(OC)C[C@@H](C)C(=O)[C@H](C)[C@H]2N(NCCc3ccc(Oc4ccccc4)cc3)C(=O)O[C@]12C. The first kappa shape index (κ1) is 45.2. The number of aliphatic hydroxyl groups excluding tert-OH is 1. The van der Waals surface area contributed by atoms with Gasteiger partial charge in [0.2, 0.25) is 0 Å². The minimum Gasteiger partial charge on any atom is -0.457 e. The number of ketones is 1. The van der Waals surface area contributed by atoms with Crippen molar-refractivity contribution in [2.45, 2.75) is 135 Å². The lowest BCUT2D eigenvalue weighted by atomic mass is 9.74. The van der Waals surface area contributed by atoms with Crippen molar-refractivity contribution in [2.75, 3.05) is 27.7 Å². The molecule has 2 saturated heterocycles. The van der Waals surface area contributed by atoms with Gasteiger partial charge in [0.15, 0.2) is 11.9 Å². The van der Waals surface area contributed by atoms with Crippen molar-refractivity contribution in [3.05, 3.63) is 71.8 Å². The van der Waals surface area contributed by atoms with Crippen LogP contribution in [-0.4, -0.2) is 115 Å². The monoisotopic (exact) mass is 807 g/mol. The summed E-state index contributed by atoms with van der Waals surface area (Å²) in [4.78, 5) is 44.4. The van der Waals surface area contributed by atoms with Gasteiger partial charge in [-0.3, -0.25) is 4.79 Å². The van der Waals surface area contributed by atoms with E-state index >= 15 is 0 Å². The third-order valence-corrected chi connectivity index (χ3v) is 12.3. The lowest BCUT2D eigenvalue weighted by Gasteiger charge is -2.46. The van der Waals surface area contributed by atoms with Gasteiger partial charge >= 0.3 is 12.1 Å². The Kier molecular flexibility index (Phi) is 14.8. The number of likely N-dealkylation sites (N-methyl/N-ethyl adjacent to an activating group) is 1. The molecule has 1 amide bonds. The Labute approximate surface area is 344 Å². The molecular formula is C45H65N3O10. The number of ether oxygens (including phenoxy) is 6. The Morgan fingerprint density at radius 1 is 0.983 bits per heavy atom. The number of nitrogens with one attached hydrogen (secondary N) is 1. The number of benzene rings is 2. The number of nitrogens with zero attached hydrogens (tertiary/aromatic N) is 2. The van der Waals surface area contributed by atoms with Gasteiger partial charge in [0.25, 0.3) is 0 Å². The quantitative estimate of drug-likeness (QED) is 0.240. The molecule has 0 bridgehead atoms.